The van der Waals surface area contributed by atoms with Crippen LogP contribution in [0, 0.1) is 11.6 Å². The molecular formula is C86H116F14N8O10. The van der Waals surface area contributed by atoms with Crippen LogP contribution in [0.25, 0.3) is 6.08 Å². The van der Waals surface area contributed by atoms with Gasteiger partial charge in [-0.1, -0.05) is 153 Å². The number of piperidine rings is 2. The molecule has 10 rings (SSSR count). The summed E-state index contributed by atoms with van der Waals surface area (Å²) in [5, 5.41) is 5.55. The van der Waals surface area contributed by atoms with E-state index in [0.717, 1.165) is 104 Å². The Kier molecular flexibility index (Phi) is 75.2. The number of aldehydes is 1. The van der Waals surface area contributed by atoms with Crippen molar-refractivity contribution in [1.29, 1.82) is 0 Å². The summed E-state index contributed by atoms with van der Waals surface area (Å²) in [6.45, 7) is 21.8. The van der Waals surface area contributed by atoms with Gasteiger partial charge in [-0.15, -0.1) is 0 Å². The highest BCUT2D eigenvalue weighted by molar-refractivity contribution is 6.21. The zero-order valence-electron chi connectivity index (χ0n) is 68.6. The molecule has 2 saturated heterocycles. The van der Waals surface area contributed by atoms with Gasteiger partial charge in [0.2, 0.25) is 5.91 Å². The number of aliphatic imine (C=N–C) groups is 1. The number of halogens is 14. The van der Waals surface area contributed by atoms with Gasteiger partial charge in [0.1, 0.15) is 35.5 Å². The van der Waals surface area contributed by atoms with E-state index < -0.39 is 18.0 Å². The lowest BCUT2D eigenvalue weighted by Crippen LogP contribution is -2.50. The highest BCUT2D eigenvalue weighted by Gasteiger charge is 2.38. The summed E-state index contributed by atoms with van der Waals surface area (Å²) in [6.07, 6.45) is 9.41. The number of amides is 3. The molecular weight excluding hydrogens is 1570 g/mol. The Morgan fingerprint density at radius 1 is 0.475 bits per heavy atom. The minimum absolute atomic E-state index is 0. The molecule has 2 fully saturated rings. The van der Waals surface area contributed by atoms with Crippen LogP contribution in [0.15, 0.2) is 203 Å². The van der Waals surface area contributed by atoms with E-state index in [4.69, 9.17) is 52.8 Å². The number of amidine groups is 1. The lowest BCUT2D eigenvalue weighted by Gasteiger charge is -2.35. The number of hydrogen-bond acceptors (Lipinski definition) is 16. The third-order valence-corrected chi connectivity index (χ3v) is 16.7. The summed E-state index contributed by atoms with van der Waals surface area (Å²) in [4.78, 5) is 110. The standard InChI is InChI=1S/C15H16N2O3.2C14H21FN2.C14H16N2O2.C12H12O2.C7H6O.C5H8O2.4CH3F.CH4.4F2/c1-9-13(10(2)18)14(12-7-5-4-6-8-12)17(11(3)19)15(20)16-9;2*15-14-4-2-12(3-5-14)13-6-10-17(11-7-13)9-1-8-16;1-9-12(10(2)17)13(16-14(15-9)18-3)11-7-5-4-6-8-11;1-9(13)12(10(2)14)8-11-6-4-3-5-7-11;8-6-7-4-2-1-3-5-7;1-4(6)3-5(2)7;4*1-2;;4*1-2/h4-8,14H,1-3H3,(H,16,20);2*2-5,13H,1,6-11,16H2;4-8,13H,1-3H3,(H,15,16);3-8H,1-2H3;1-6H;3H2,1-2H3;4*1H3;1H4;;;;. The van der Waals surface area contributed by atoms with Crippen LogP contribution in [-0.2, 0) is 38.3 Å². The number of methoxy groups -OCH3 is 1. The Balaban J connectivity index is -0.000000306. The molecule has 0 aliphatic carbocycles. The Labute approximate surface area is 684 Å². The number of ketones is 6. The van der Waals surface area contributed by atoms with Crippen molar-refractivity contribution >= 4 is 65.0 Å². The summed E-state index contributed by atoms with van der Waals surface area (Å²) < 4.78 is 133. The lowest BCUT2D eigenvalue weighted by atomic mass is 9.89. The molecule has 4 aliphatic rings. The van der Waals surface area contributed by atoms with Crippen molar-refractivity contribution in [3.05, 3.63) is 243 Å². The van der Waals surface area contributed by atoms with Crippen molar-refractivity contribution in [2.45, 2.75) is 139 Å². The van der Waals surface area contributed by atoms with Crippen molar-refractivity contribution in [1.82, 2.24) is 25.3 Å². The first-order valence-corrected chi connectivity index (χ1v) is 36.1. The molecule has 2 unspecified atom stereocenters. The fourth-order valence-corrected chi connectivity index (χ4v) is 11.7. The molecule has 0 spiro atoms. The van der Waals surface area contributed by atoms with Gasteiger partial charge >= 0.3 is 6.03 Å². The Hall–Kier alpha value is -10.7. The molecule has 0 saturated carbocycles. The number of imide groups is 1. The number of carbonyl (C=O) groups excluding carboxylic acids is 9. The van der Waals surface area contributed by atoms with Gasteiger partial charge in [0.15, 0.2) is 23.1 Å². The normalized spacial score (nSPS) is 14.0. The topological polar surface area (TPSA) is 261 Å². The maximum atomic E-state index is 12.8. The number of hydrogen-bond donors (Lipinski definition) is 4. The predicted octanol–water partition coefficient (Wildman–Crippen LogP) is 19.7. The average Bonchev–Trinajstić information content (AvgIpc) is 0.777. The average molecular weight is 1690 g/mol. The van der Waals surface area contributed by atoms with Gasteiger partial charge in [-0.3, -0.25) is 60.8 Å². The fourth-order valence-electron chi connectivity index (χ4n) is 11.7. The summed E-state index contributed by atoms with van der Waals surface area (Å²) in [6, 6.07) is 50.2. The van der Waals surface area contributed by atoms with Crippen LogP contribution >= 0.6 is 0 Å². The van der Waals surface area contributed by atoms with Crippen molar-refractivity contribution in [3.8, 4) is 0 Å². The molecule has 0 aromatic heterocycles. The monoisotopic (exact) mass is 1690 g/mol. The number of Topliss-reactive ketones (excluding diaryl/α,β-unsaturated/α-hetero) is 6. The number of alkyl halides is 4. The summed E-state index contributed by atoms with van der Waals surface area (Å²) in [5.41, 5.74) is 19.6. The summed E-state index contributed by atoms with van der Waals surface area (Å²) in [7, 11) is 3.56. The zero-order chi connectivity index (χ0) is 90.4. The van der Waals surface area contributed by atoms with Crippen LogP contribution in [0.5, 0.6) is 0 Å². The lowest BCUT2D eigenvalue weighted by molar-refractivity contribution is -0.128. The van der Waals surface area contributed by atoms with Crippen LogP contribution in [0.1, 0.15) is 177 Å². The highest BCUT2D eigenvalue weighted by Crippen LogP contribution is 2.35. The number of nitrogens with one attached hydrogen (secondary N) is 2. The van der Waals surface area contributed by atoms with E-state index in [2.05, 4.69) is 25.4 Å². The van der Waals surface area contributed by atoms with E-state index in [1.807, 2.05) is 128 Å². The second-order valence-electron chi connectivity index (χ2n) is 24.7. The molecule has 18 nitrogen and oxygen atoms in total. The Morgan fingerprint density at radius 2 is 0.805 bits per heavy atom. The first-order valence-electron chi connectivity index (χ1n) is 36.1. The van der Waals surface area contributed by atoms with Crippen molar-refractivity contribution in [2.24, 2.45) is 16.5 Å². The van der Waals surface area contributed by atoms with Gasteiger partial charge in [-0.25, -0.2) is 18.6 Å². The molecule has 32 heteroatoms. The number of benzene rings is 6. The molecule has 6 aromatic rings. The molecule has 0 bridgehead atoms. The number of rotatable bonds is 18. The number of allylic oxidation sites excluding steroid dienone is 3. The maximum Gasteiger partial charge on any atom is 0.329 e. The molecule has 4 aliphatic heterocycles. The van der Waals surface area contributed by atoms with E-state index in [1.54, 1.807) is 75.6 Å². The molecule has 4 heterocycles. The number of carbonyl (C=O) groups is 9. The molecule has 6 aromatic carbocycles. The molecule has 118 heavy (non-hydrogen) atoms. The largest absolute Gasteiger partial charge is 0.468 e. The van der Waals surface area contributed by atoms with Crippen LogP contribution in [0.4, 0.5) is 67.7 Å². The fraction of sp³-hybridized carbons (Fsp3) is 0.395. The number of urea groups is 1. The van der Waals surface area contributed by atoms with E-state index in [9.17, 15) is 69.5 Å². The van der Waals surface area contributed by atoms with E-state index in [0.29, 0.717) is 63.4 Å². The predicted molar refractivity (Wildman–Crippen MR) is 438 cm³/mol. The van der Waals surface area contributed by atoms with Crippen LogP contribution in [0.2, 0.25) is 0 Å². The molecule has 0 radical (unpaired) electrons. The molecule has 2 atom stereocenters. The van der Waals surface area contributed by atoms with Crippen molar-refractivity contribution in [2.75, 3.05) is 88.2 Å². The van der Waals surface area contributed by atoms with Gasteiger partial charge < -0.3 is 36.6 Å². The van der Waals surface area contributed by atoms with Gasteiger partial charge in [-0.2, -0.15) is 0 Å². The third-order valence-electron chi connectivity index (χ3n) is 16.7. The highest BCUT2D eigenvalue weighted by atomic mass is 20.0. The van der Waals surface area contributed by atoms with Gasteiger partial charge in [0, 0.05) is 71.6 Å². The third kappa shape index (κ3) is 48.7. The van der Waals surface area contributed by atoms with Crippen LogP contribution < -0.4 is 22.1 Å². The minimum atomic E-state index is -0.667. The van der Waals surface area contributed by atoms with E-state index >= 15 is 0 Å². The quantitative estimate of drug-likeness (QED) is 0.0205. The number of nitrogens with zero attached hydrogens (tertiary/aromatic N) is 4. The van der Waals surface area contributed by atoms with Crippen molar-refractivity contribution in [3.63, 3.8) is 0 Å². The summed E-state index contributed by atoms with van der Waals surface area (Å²) in [5.74, 6) is -0.140. The summed E-state index contributed by atoms with van der Waals surface area (Å²) >= 11 is 0. The maximum absolute atomic E-state index is 12.8. The zero-order valence-corrected chi connectivity index (χ0v) is 68.6. The minimum Gasteiger partial charge on any atom is -0.468 e. The Bertz CT molecular complexity index is 3710. The number of ether oxygens (including phenoxy) is 1. The van der Waals surface area contributed by atoms with E-state index in [-0.39, 0.29) is 71.8 Å². The second kappa shape index (κ2) is 75.1. The van der Waals surface area contributed by atoms with Gasteiger partial charge in [0.05, 0.1) is 53.9 Å². The number of nitrogens with two attached hydrogens (primary N) is 2. The number of likely N-dealkylation sites (tertiary alicyclic amines) is 2. The first kappa shape index (κ1) is 118. The Morgan fingerprint density at radius 3 is 1.09 bits per heavy atom. The van der Waals surface area contributed by atoms with Crippen LogP contribution in [0.3, 0.4) is 0 Å². The SMILES string of the molecule is C.CC(=O)C(=Cc1ccccc1)C(C)=O.CC(=O)C1=C(C)NC(=O)N(C(C)=O)C1c1ccccc1.CC(=O)CC(C)=O.CF.CF.CF.CF.COC1=NC(c2ccccc2)C(C(C)=O)=C(C)N1.FF.FF.FF.FF.NCCCN1CCC(c2ccc(F)cc2)CC1.NCCCN1CCC(c2ccc(F)cc2)CC1.O=Cc1ccccc1. The smallest absolute Gasteiger partial charge is 0.329 e. The molecule has 6 N–H and O–H groups in total. The second-order valence-corrected chi connectivity index (χ2v) is 24.7. The molecule has 658 valence electrons. The van der Waals surface area contributed by atoms with E-state index in [1.165, 1.54) is 78.4 Å². The molecule has 3 amide bonds. The first-order chi connectivity index (χ1) is 56.3. The van der Waals surface area contributed by atoms with Gasteiger partial charge in [-0.05, 0) is 216 Å². The van der Waals surface area contributed by atoms with Gasteiger partial charge in [0.25, 0.3) is 6.02 Å². The van der Waals surface area contributed by atoms with Crippen LogP contribution in [-0.4, -0.2) is 162 Å². The van der Waals surface area contributed by atoms with Crippen molar-refractivity contribution < 1.29 is 111 Å².